The molecule has 4 aromatic rings. The molecule has 4 rings (SSSR count). The second-order valence-electron chi connectivity index (χ2n) is 6.48. The van der Waals surface area contributed by atoms with Gasteiger partial charge in [-0.15, -0.1) is 11.3 Å². The Hall–Kier alpha value is -3.78. The van der Waals surface area contributed by atoms with E-state index in [1.165, 1.54) is 17.7 Å². The third kappa shape index (κ3) is 3.78. The minimum atomic E-state index is -1.24. The number of thiazole rings is 1. The SMILES string of the molecule is Cc1ccc2nc(-c3ccc(Nc4ccc([N+](=O)[O-])cc4C(=O)O)cc3)sc2c1. The fraction of sp³-hybridized carbons (Fsp3) is 0.0476. The van der Waals surface area contributed by atoms with Gasteiger partial charge in [0.2, 0.25) is 0 Å². The first kappa shape index (κ1) is 18.6. The molecule has 7 nitrogen and oxygen atoms in total. The van der Waals surface area contributed by atoms with Crippen LogP contribution in [0, 0.1) is 17.0 Å². The first-order valence-corrected chi connectivity index (χ1v) is 9.49. The topological polar surface area (TPSA) is 105 Å². The maximum atomic E-state index is 11.5. The number of benzene rings is 3. The van der Waals surface area contributed by atoms with Crippen molar-refractivity contribution in [2.75, 3.05) is 5.32 Å². The summed E-state index contributed by atoms with van der Waals surface area (Å²) in [6, 6.07) is 17.3. The van der Waals surface area contributed by atoms with Gasteiger partial charge < -0.3 is 10.4 Å². The molecule has 0 aliphatic heterocycles. The number of hydrogen-bond acceptors (Lipinski definition) is 6. The lowest BCUT2D eigenvalue weighted by atomic mass is 10.1. The molecular weight excluding hydrogens is 390 g/mol. The van der Waals surface area contributed by atoms with E-state index in [-0.39, 0.29) is 16.9 Å². The zero-order valence-corrected chi connectivity index (χ0v) is 16.1. The summed E-state index contributed by atoms with van der Waals surface area (Å²) in [5.74, 6) is -1.24. The lowest BCUT2D eigenvalue weighted by Crippen LogP contribution is -2.04. The lowest BCUT2D eigenvalue weighted by Gasteiger charge is -2.10. The van der Waals surface area contributed by atoms with Gasteiger partial charge in [-0.1, -0.05) is 6.07 Å². The summed E-state index contributed by atoms with van der Waals surface area (Å²) in [6.07, 6.45) is 0. The van der Waals surface area contributed by atoms with Crippen molar-refractivity contribution in [3.63, 3.8) is 0 Å². The molecule has 0 saturated carbocycles. The summed E-state index contributed by atoms with van der Waals surface area (Å²) in [4.78, 5) is 26.4. The van der Waals surface area contributed by atoms with E-state index in [0.717, 1.165) is 26.9 Å². The molecule has 0 atom stereocenters. The Balaban J connectivity index is 1.61. The Morgan fingerprint density at radius 3 is 2.55 bits per heavy atom. The van der Waals surface area contributed by atoms with Gasteiger partial charge in [0.25, 0.3) is 5.69 Å². The van der Waals surface area contributed by atoms with Crippen LogP contribution in [0.1, 0.15) is 15.9 Å². The number of nitrogens with zero attached hydrogens (tertiary/aromatic N) is 2. The van der Waals surface area contributed by atoms with Crippen molar-refractivity contribution in [3.8, 4) is 10.6 Å². The smallest absolute Gasteiger partial charge is 0.338 e. The predicted molar refractivity (Wildman–Crippen MR) is 113 cm³/mol. The van der Waals surface area contributed by atoms with Gasteiger partial charge in [-0.25, -0.2) is 9.78 Å². The third-order valence-electron chi connectivity index (χ3n) is 4.40. The molecule has 0 aliphatic rings. The molecule has 29 heavy (non-hydrogen) atoms. The predicted octanol–water partition coefficient (Wildman–Crippen LogP) is 5.62. The zero-order valence-electron chi connectivity index (χ0n) is 15.2. The van der Waals surface area contributed by atoms with Crippen molar-refractivity contribution in [1.82, 2.24) is 4.98 Å². The van der Waals surface area contributed by atoms with E-state index in [1.54, 1.807) is 11.3 Å². The van der Waals surface area contributed by atoms with Gasteiger partial charge >= 0.3 is 5.97 Å². The molecule has 0 fully saturated rings. The number of aromatic nitrogens is 1. The highest BCUT2D eigenvalue weighted by atomic mass is 32.1. The number of fused-ring (bicyclic) bond motifs is 1. The van der Waals surface area contributed by atoms with Gasteiger partial charge in [0, 0.05) is 23.4 Å². The van der Waals surface area contributed by atoms with Crippen LogP contribution in [0.2, 0.25) is 0 Å². The van der Waals surface area contributed by atoms with Crippen LogP contribution < -0.4 is 5.32 Å². The van der Waals surface area contributed by atoms with Gasteiger partial charge in [0.05, 0.1) is 26.4 Å². The van der Waals surface area contributed by atoms with Crippen molar-refractivity contribution >= 4 is 44.6 Å². The first-order valence-electron chi connectivity index (χ1n) is 8.67. The largest absolute Gasteiger partial charge is 0.478 e. The number of aromatic carboxylic acids is 1. The molecule has 8 heteroatoms. The first-order chi connectivity index (χ1) is 13.9. The number of nitro groups is 1. The molecular formula is C21H15N3O4S. The molecule has 0 bridgehead atoms. The summed E-state index contributed by atoms with van der Waals surface area (Å²) in [7, 11) is 0. The van der Waals surface area contributed by atoms with Gasteiger partial charge in [0.15, 0.2) is 0 Å². The third-order valence-corrected chi connectivity index (χ3v) is 5.47. The van der Waals surface area contributed by atoms with Crippen LogP contribution >= 0.6 is 11.3 Å². The van der Waals surface area contributed by atoms with E-state index in [9.17, 15) is 20.0 Å². The summed E-state index contributed by atoms with van der Waals surface area (Å²) in [5, 5.41) is 24.2. The van der Waals surface area contributed by atoms with E-state index >= 15 is 0 Å². The number of non-ortho nitro benzene ring substituents is 1. The maximum Gasteiger partial charge on any atom is 0.338 e. The number of carbonyl (C=O) groups is 1. The highest BCUT2D eigenvalue weighted by Gasteiger charge is 2.16. The zero-order chi connectivity index (χ0) is 20.5. The number of rotatable bonds is 5. The fourth-order valence-corrected chi connectivity index (χ4v) is 4.01. The average molecular weight is 405 g/mol. The normalized spacial score (nSPS) is 10.8. The summed E-state index contributed by atoms with van der Waals surface area (Å²) >= 11 is 1.61. The molecule has 0 radical (unpaired) electrons. The molecule has 0 aliphatic carbocycles. The van der Waals surface area contributed by atoms with Crippen molar-refractivity contribution < 1.29 is 14.8 Å². The van der Waals surface area contributed by atoms with Crippen molar-refractivity contribution in [3.05, 3.63) is 81.9 Å². The van der Waals surface area contributed by atoms with Gasteiger partial charge in [-0.05, 0) is 55.0 Å². The number of nitro benzene ring substituents is 1. The molecule has 0 saturated heterocycles. The minimum absolute atomic E-state index is 0.162. The molecule has 2 N–H and O–H groups in total. The molecule has 1 heterocycles. The molecule has 144 valence electrons. The number of hydrogen-bond donors (Lipinski definition) is 2. The number of nitrogens with one attached hydrogen (secondary N) is 1. The second kappa shape index (κ2) is 7.33. The number of carboxylic acids is 1. The number of carboxylic acid groups (broad SMARTS) is 1. The molecule has 0 spiro atoms. The number of aryl methyl sites for hydroxylation is 1. The van der Waals surface area contributed by atoms with Crippen LogP contribution in [0.15, 0.2) is 60.7 Å². The van der Waals surface area contributed by atoms with Gasteiger partial charge in [0.1, 0.15) is 5.01 Å². The Bertz CT molecular complexity index is 1250. The standard InChI is InChI=1S/C21H15N3O4S/c1-12-2-8-18-19(10-12)29-20(23-18)13-3-5-14(6-4-13)22-17-9-7-15(24(27)28)11-16(17)21(25)26/h2-11,22H,1H3,(H,25,26). The Labute approximate surface area is 169 Å². The minimum Gasteiger partial charge on any atom is -0.478 e. The van der Waals surface area contributed by atoms with E-state index in [2.05, 4.69) is 16.4 Å². The van der Waals surface area contributed by atoms with Crippen molar-refractivity contribution in [2.24, 2.45) is 0 Å². The second-order valence-corrected chi connectivity index (χ2v) is 7.52. The molecule has 1 aromatic heterocycles. The van der Waals surface area contributed by atoms with Crippen LogP contribution in [0.5, 0.6) is 0 Å². The van der Waals surface area contributed by atoms with E-state index in [1.807, 2.05) is 43.3 Å². The Morgan fingerprint density at radius 1 is 1.10 bits per heavy atom. The molecule has 0 unspecified atom stereocenters. The van der Waals surface area contributed by atoms with Crippen LogP contribution in [-0.4, -0.2) is 21.0 Å². The van der Waals surface area contributed by atoms with Crippen LogP contribution in [-0.2, 0) is 0 Å². The van der Waals surface area contributed by atoms with Crippen LogP contribution in [0.3, 0.4) is 0 Å². The van der Waals surface area contributed by atoms with Gasteiger partial charge in [-0.2, -0.15) is 0 Å². The average Bonchev–Trinajstić information content (AvgIpc) is 3.11. The van der Waals surface area contributed by atoms with Crippen LogP contribution in [0.4, 0.5) is 17.1 Å². The van der Waals surface area contributed by atoms with Crippen molar-refractivity contribution in [2.45, 2.75) is 6.92 Å². The van der Waals surface area contributed by atoms with Gasteiger partial charge in [-0.3, -0.25) is 10.1 Å². The maximum absolute atomic E-state index is 11.5. The highest BCUT2D eigenvalue weighted by molar-refractivity contribution is 7.21. The van der Waals surface area contributed by atoms with E-state index in [4.69, 9.17) is 0 Å². The Morgan fingerprint density at radius 2 is 1.86 bits per heavy atom. The molecule has 0 amide bonds. The fourth-order valence-electron chi connectivity index (χ4n) is 2.94. The van der Waals surface area contributed by atoms with Crippen molar-refractivity contribution in [1.29, 1.82) is 0 Å². The molecule has 3 aromatic carbocycles. The number of anilines is 2. The van der Waals surface area contributed by atoms with Crippen LogP contribution in [0.25, 0.3) is 20.8 Å². The Kier molecular flexibility index (Phi) is 4.69. The summed E-state index contributed by atoms with van der Waals surface area (Å²) in [5.41, 5.74) is 3.61. The summed E-state index contributed by atoms with van der Waals surface area (Å²) < 4.78 is 1.12. The summed E-state index contributed by atoms with van der Waals surface area (Å²) in [6.45, 7) is 2.04. The monoisotopic (exact) mass is 405 g/mol. The lowest BCUT2D eigenvalue weighted by molar-refractivity contribution is -0.384. The van der Waals surface area contributed by atoms with E-state index in [0.29, 0.717) is 5.69 Å². The van der Waals surface area contributed by atoms with E-state index < -0.39 is 10.9 Å². The quantitative estimate of drug-likeness (QED) is 0.330. The highest BCUT2D eigenvalue weighted by Crippen LogP contribution is 2.32.